The van der Waals surface area contributed by atoms with Gasteiger partial charge in [0.2, 0.25) is 0 Å². The van der Waals surface area contributed by atoms with Gasteiger partial charge in [-0.2, -0.15) is 5.10 Å². The lowest BCUT2D eigenvalue weighted by Crippen LogP contribution is -2.44. The molecule has 6 rings (SSSR count). The average molecular weight is 483 g/mol. The molecule has 0 spiro atoms. The van der Waals surface area contributed by atoms with Crippen LogP contribution in [0.15, 0.2) is 47.2 Å². The van der Waals surface area contributed by atoms with Crippen molar-refractivity contribution in [3.63, 3.8) is 0 Å². The highest BCUT2D eigenvalue weighted by Crippen LogP contribution is 2.45. The zero-order valence-electron chi connectivity index (χ0n) is 23.4. The van der Waals surface area contributed by atoms with Crippen LogP contribution in [0.3, 0.4) is 0 Å². The first-order chi connectivity index (χ1) is 17.3. The third kappa shape index (κ3) is 4.13. The van der Waals surface area contributed by atoms with E-state index in [1.165, 1.54) is 65.8 Å². The molecule has 7 atom stereocenters. The molecule has 1 heterocycles. The number of rotatable bonds is 4. The van der Waals surface area contributed by atoms with E-state index in [2.05, 4.69) is 89.2 Å². The molecular formula is C34H46N2. The summed E-state index contributed by atoms with van der Waals surface area (Å²) in [6.45, 7) is 14.5. The van der Waals surface area contributed by atoms with Crippen molar-refractivity contribution in [3.05, 3.63) is 63.8 Å². The first kappa shape index (κ1) is 24.3. The fraction of sp³-hybridized carbons (Fsp3) is 0.618. The van der Waals surface area contributed by atoms with Crippen LogP contribution in [0, 0.1) is 41.4 Å². The summed E-state index contributed by atoms with van der Waals surface area (Å²) in [5.41, 5.74) is 5.85. The first-order valence-electron chi connectivity index (χ1n) is 14.9. The fourth-order valence-corrected chi connectivity index (χ4v) is 8.30. The molecule has 5 aliphatic rings. The molecule has 36 heavy (non-hydrogen) atoms. The summed E-state index contributed by atoms with van der Waals surface area (Å²) in [6, 6.07) is 5.19. The van der Waals surface area contributed by atoms with E-state index in [1.807, 2.05) is 0 Å². The maximum Gasteiger partial charge on any atom is 0.0918 e. The van der Waals surface area contributed by atoms with Crippen molar-refractivity contribution in [2.45, 2.75) is 92.0 Å². The zero-order valence-corrected chi connectivity index (χ0v) is 23.4. The summed E-state index contributed by atoms with van der Waals surface area (Å²) in [7, 11) is 0. The molecule has 4 aliphatic carbocycles. The van der Waals surface area contributed by atoms with E-state index in [0.717, 1.165) is 23.7 Å². The number of allylic oxidation sites excluding steroid dienone is 5. The molecule has 0 radical (unpaired) electrons. The van der Waals surface area contributed by atoms with E-state index in [9.17, 15) is 0 Å². The van der Waals surface area contributed by atoms with Crippen molar-refractivity contribution in [2.24, 2.45) is 46.5 Å². The number of benzene rings is 1. The Morgan fingerprint density at radius 3 is 2.36 bits per heavy atom. The van der Waals surface area contributed by atoms with Crippen molar-refractivity contribution in [1.82, 2.24) is 5.01 Å². The van der Waals surface area contributed by atoms with Crippen LogP contribution in [-0.2, 0) is 0 Å². The Bertz CT molecular complexity index is 1230. The van der Waals surface area contributed by atoms with Gasteiger partial charge in [0.1, 0.15) is 0 Å². The molecule has 192 valence electrons. The highest BCUT2D eigenvalue weighted by atomic mass is 15.5. The van der Waals surface area contributed by atoms with Gasteiger partial charge in [0.15, 0.2) is 0 Å². The summed E-state index contributed by atoms with van der Waals surface area (Å²) in [6.07, 6.45) is 20.5. The highest BCUT2D eigenvalue weighted by Gasteiger charge is 2.37. The molecule has 1 aliphatic heterocycles. The molecule has 0 saturated heterocycles. The Hall–Kier alpha value is -2.09. The van der Waals surface area contributed by atoms with E-state index >= 15 is 0 Å². The molecule has 2 saturated carbocycles. The van der Waals surface area contributed by atoms with E-state index in [4.69, 9.17) is 5.10 Å². The van der Waals surface area contributed by atoms with Crippen molar-refractivity contribution in [3.8, 4) is 0 Å². The van der Waals surface area contributed by atoms with Crippen molar-refractivity contribution >= 4 is 11.6 Å². The van der Waals surface area contributed by atoms with Gasteiger partial charge in [0.05, 0.1) is 11.4 Å². The minimum Gasteiger partial charge on any atom is -0.268 e. The molecule has 1 aromatic rings. The van der Waals surface area contributed by atoms with Gasteiger partial charge in [-0.05, 0) is 89.5 Å². The highest BCUT2D eigenvalue weighted by molar-refractivity contribution is 5.81. The second-order valence-electron chi connectivity index (χ2n) is 13.5. The van der Waals surface area contributed by atoms with Gasteiger partial charge in [-0.15, -0.1) is 0 Å². The molecule has 2 fully saturated rings. The van der Waals surface area contributed by atoms with Crippen LogP contribution in [0.5, 0.6) is 0 Å². The quantitative estimate of drug-likeness (QED) is 0.436. The predicted molar refractivity (Wildman–Crippen MR) is 151 cm³/mol. The van der Waals surface area contributed by atoms with Crippen molar-refractivity contribution < 1.29 is 0 Å². The summed E-state index contributed by atoms with van der Waals surface area (Å²) in [5.74, 6) is 5.67. The number of nitrogens with zero attached hydrogens (tertiary/aromatic N) is 2. The lowest BCUT2D eigenvalue weighted by atomic mass is 9.65. The van der Waals surface area contributed by atoms with Crippen LogP contribution in [0.25, 0.3) is 11.6 Å². The maximum absolute atomic E-state index is 5.31. The molecular weight excluding hydrogens is 436 g/mol. The molecule has 0 amide bonds. The summed E-state index contributed by atoms with van der Waals surface area (Å²) < 4.78 is 0. The monoisotopic (exact) mass is 482 g/mol. The second-order valence-corrected chi connectivity index (χ2v) is 13.5. The Labute approximate surface area is 218 Å². The molecule has 0 N–H and O–H groups in total. The zero-order chi connectivity index (χ0) is 25.1. The number of hydrogen-bond donors (Lipinski definition) is 0. The van der Waals surface area contributed by atoms with Gasteiger partial charge in [-0.25, -0.2) is 0 Å². The van der Waals surface area contributed by atoms with E-state index in [1.54, 1.807) is 5.57 Å². The Kier molecular flexibility index (Phi) is 6.29. The van der Waals surface area contributed by atoms with Gasteiger partial charge < -0.3 is 0 Å². The summed E-state index contributed by atoms with van der Waals surface area (Å²) >= 11 is 0. The van der Waals surface area contributed by atoms with Gasteiger partial charge in [0.25, 0.3) is 0 Å². The molecule has 2 heteroatoms. The van der Waals surface area contributed by atoms with Crippen LogP contribution < -0.4 is 10.6 Å². The van der Waals surface area contributed by atoms with Crippen LogP contribution in [0.2, 0.25) is 0 Å². The molecule has 7 unspecified atom stereocenters. The normalized spacial score (nSPS) is 35.1. The van der Waals surface area contributed by atoms with Crippen LogP contribution >= 0.6 is 0 Å². The average Bonchev–Trinajstić information content (AvgIpc) is 2.86. The Morgan fingerprint density at radius 2 is 1.61 bits per heavy atom. The molecule has 2 nitrogen and oxygen atoms in total. The Balaban J connectivity index is 1.40. The first-order valence-corrected chi connectivity index (χ1v) is 14.9. The molecule has 0 bridgehead atoms. The lowest BCUT2D eigenvalue weighted by molar-refractivity contribution is 0.0910. The lowest BCUT2D eigenvalue weighted by Gasteiger charge is -2.43. The van der Waals surface area contributed by atoms with Gasteiger partial charge in [-0.3, -0.25) is 5.01 Å². The third-order valence-corrected chi connectivity index (χ3v) is 10.3. The van der Waals surface area contributed by atoms with E-state index in [-0.39, 0.29) is 0 Å². The van der Waals surface area contributed by atoms with E-state index < -0.39 is 0 Å². The van der Waals surface area contributed by atoms with Crippen LogP contribution in [-0.4, -0.2) is 11.1 Å². The third-order valence-electron chi connectivity index (χ3n) is 10.3. The predicted octanol–water partition coefficient (Wildman–Crippen LogP) is 7.42. The standard InChI is InChI=1S/C34H46N2/c1-20(2)28-12-7-22(5)15-30(28)27-17-24-9-10-26-19-36(32-16-23(6)8-13-29(32)21(3)4)35-31-14-11-25(18-27)33(24)34(26)31/h9-11,14,17-24,28-30,32H,7-8,12-13,15-16H2,1-6H3. The Morgan fingerprint density at radius 1 is 0.889 bits per heavy atom. The van der Waals surface area contributed by atoms with Crippen molar-refractivity contribution in [2.75, 3.05) is 0 Å². The number of hydrogen-bond acceptors (Lipinski definition) is 2. The molecule has 0 aromatic heterocycles. The van der Waals surface area contributed by atoms with Crippen LogP contribution in [0.1, 0.15) is 97.1 Å². The minimum atomic E-state index is 0.386. The minimum absolute atomic E-state index is 0.386. The van der Waals surface area contributed by atoms with Crippen molar-refractivity contribution in [1.29, 1.82) is 0 Å². The summed E-state index contributed by atoms with van der Waals surface area (Å²) in [5, 5.41) is 10.3. The van der Waals surface area contributed by atoms with Gasteiger partial charge in [0, 0.05) is 23.3 Å². The maximum atomic E-state index is 5.31. The SMILES string of the molecule is CC1CCC(C(C)C)C(C2=CC3C=CC4=CN(C5CC(C)CCC5C(C)C)N=c5ccc(c3c54)=C2)C1. The van der Waals surface area contributed by atoms with Gasteiger partial charge in [-0.1, -0.05) is 84.8 Å². The van der Waals surface area contributed by atoms with E-state index in [0.29, 0.717) is 29.7 Å². The smallest absolute Gasteiger partial charge is 0.0918 e. The van der Waals surface area contributed by atoms with Gasteiger partial charge >= 0.3 is 0 Å². The molecule has 1 aromatic carbocycles. The largest absolute Gasteiger partial charge is 0.268 e. The topological polar surface area (TPSA) is 15.6 Å². The van der Waals surface area contributed by atoms with Crippen LogP contribution in [0.4, 0.5) is 0 Å². The summed E-state index contributed by atoms with van der Waals surface area (Å²) in [4.78, 5) is 0. The second kappa shape index (κ2) is 9.34. The fourth-order valence-electron chi connectivity index (χ4n) is 8.30.